The molecule has 9 nitrogen and oxygen atoms in total. The molecular formula is C32H34N2O7S. The number of aliphatic hydroxyl groups excluding tert-OH is 2. The zero-order chi connectivity index (χ0) is 30.5. The van der Waals surface area contributed by atoms with Gasteiger partial charge in [-0.1, -0.05) is 42.5 Å². The number of benzene rings is 2. The predicted octanol–water partition coefficient (Wildman–Crippen LogP) is 3.99. The van der Waals surface area contributed by atoms with Gasteiger partial charge in [-0.05, 0) is 51.2 Å². The van der Waals surface area contributed by atoms with Crippen molar-refractivity contribution in [2.45, 2.75) is 45.2 Å². The zero-order valence-electron chi connectivity index (χ0n) is 24.1. The Bertz CT molecular complexity index is 1550. The number of carbonyl (C=O) groups is 3. The SMILES string of the molecule is COc1cc2c(c(OC)c1)C(O)=C1C(=O)[C@@H]3C(O)=C(C(=O)NC(C)(C)C)C(=O)[C@@H](NC(=S)c4ccccc4)[C@@H]3C[C@@H]1C2. The normalized spacial score (nSPS) is 23.5. The monoisotopic (exact) mass is 590 g/mol. The second-order valence-corrected chi connectivity index (χ2v) is 12.3. The molecule has 0 aromatic heterocycles. The van der Waals surface area contributed by atoms with Crippen molar-refractivity contribution in [3.05, 3.63) is 76.1 Å². The molecule has 0 aliphatic heterocycles. The van der Waals surface area contributed by atoms with E-state index in [0.717, 1.165) is 5.56 Å². The van der Waals surface area contributed by atoms with Crippen LogP contribution in [0.2, 0.25) is 0 Å². The molecule has 3 aliphatic rings. The van der Waals surface area contributed by atoms with E-state index in [1.54, 1.807) is 45.0 Å². The minimum Gasteiger partial charge on any atom is -0.511 e. The van der Waals surface area contributed by atoms with Crippen molar-refractivity contribution >= 4 is 40.4 Å². The van der Waals surface area contributed by atoms with Gasteiger partial charge in [-0.25, -0.2) is 0 Å². The number of amides is 1. The molecule has 220 valence electrons. The first-order valence-electron chi connectivity index (χ1n) is 13.7. The number of aliphatic hydroxyl groups is 2. The Kier molecular flexibility index (Phi) is 7.61. The lowest BCUT2D eigenvalue weighted by atomic mass is 9.60. The van der Waals surface area contributed by atoms with Crippen LogP contribution in [0.15, 0.2) is 59.4 Å². The molecule has 0 unspecified atom stereocenters. The highest BCUT2D eigenvalue weighted by Crippen LogP contribution is 2.51. The molecule has 0 spiro atoms. The van der Waals surface area contributed by atoms with E-state index in [0.29, 0.717) is 29.0 Å². The molecule has 0 bridgehead atoms. The number of ether oxygens (including phenoxy) is 2. The number of ketones is 2. The van der Waals surface area contributed by atoms with Gasteiger partial charge in [0.2, 0.25) is 0 Å². The number of rotatable bonds is 5. The average molecular weight is 591 g/mol. The highest BCUT2D eigenvalue weighted by molar-refractivity contribution is 7.80. The van der Waals surface area contributed by atoms with Crippen LogP contribution >= 0.6 is 12.2 Å². The molecule has 10 heteroatoms. The molecular weight excluding hydrogens is 556 g/mol. The van der Waals surface area contributed by atoms with Crippen LogP contribution in [0.1, 0.15) is 43.9 Å². The summed E-state index contributed by atoms with van der Waals surface area (Å²) < 4.78 is 10.9. The lowest BCUT2D eigenvalue weighted by Gasteiger charge is -2.45. The van der Waals surface area contributed by atoms with Gasteiger partial charge in [-0.3, -0.25) is 14.4 Å². The lowest BCUT2D eigenvalue weighted by Crippen LogP contribution is -2.58. The number of fused-ring (bicyclic) bond motifs is 3. The standard InChI is InChI=1S/C32H34N2O7S/c1-32(2,3)34-30(39)24-28(37)23-19(25(29(24)38)33-31(42)15-9-7-6-8-10-15)13-17-11-16-12-18(40-4)14-20(41-5)21(16)26(35)22(17)27(23)36/h6-10,12,14,17,19,23,25,35,37H,11,13H2,1-5H3,(H,33,42)(H,34,39)/t17-,19+,23+,25-/m0/s1. The first-order chi connectivity index (χ1) is 19.9. The van der Waals surface area contributed by atoms with Gasteiger partial charge < -0.3 is 30.3 Å². The van der Waals surface area contributed by atoms with Gasteiger partial charge in [0, 0.05) is 28.7 Å². The van der Waals surface area contributed by atoms with E-state index < -0.39 is 58.1 Å². The van der Waals surface area contributed by atoms with Crippen molar-refractivity contribution in [1.29, 1.82) is 0 Å². The van der Waals surface area contributed by atoms with Crippen molar-refractivity contribution in [2.75, 3.05) is 14.2 Å². The van der Waals surface area contributed by atoms with E-state index in [1.165, 1.54) is 14.2 Å². The van der Waals surface area contributed by atoms with Crippen molar-refractivity contribution in [2.24, 2.45) is 17.8 Å². The Hall–Kier alpha value is -4.18. The van der Waals surface area contributed by atoms with Crippen LogP contribution in [-0.4, -0.2) is 58.5 Å². The minimum atomic E-state index is -1.24. The number of allylic oxidation sites excluding steroid dienone is 2. The van der Waals surface area contributed by atoms with E-state index >= 15 is 0 Å². The fraction of sp³-hybridized carbons (Fsp3) is 0.375. The van der Waals surface area contributed by atoms with Crippen LogP contribution in [0.3, 0.4) is 0 Å². The predicted molar refractivity (Wildman–Crippen MR) is 161 cm³/mol. The maximum atomic E-state index is 14.2. The third-order valence-corrected chi connectivity index (χ3v) is 8.41. The highest BCUT2D eigenvalue weighted by Gasteiger charge is 2.55. The van der Waals surface area contributed by atoms with Crippen LogP contribution in [-0.2, 0) is 20.8 Å². The quantitative estimate of drug-likeness (QED) is 0.301. The second kappa shape index (κ2) is 10.9. The van der Waals surface area contributed by atoms with Gasteiger partial charge in [0.05, 0.1) is 31.7 Å². The Morgan fingerprint density at radius 1 is 1.02 bits per heavy atom. The summed E-state index contributed by atoms with van der Waals surface area (Å²) in [5.41, 5.74) is 0.745. The largest absolute Gasteiger partial charge is 0.511 e. The van der Waals surface area contributed by atoms with Crippen LogP contribution in [0.25, 0.3) is 5.76 Å². The molecule has 3 aliphatic carbocycles. The maximum Gasteiger partial charge on any atom is 0.258 e. The number of nitrogens with one attached hydrogen (secondary N) is 2. The molecule has 1 amide bonds. The summed E-state index contributed by atoms with van der Waals surface area (Å²) in [4.78, 5) is 41.8. The Balaban J connectivity index is 1.63. The van der Waals surface area contributed by atoms with E-state index in [4.69, 9.17) is 21.7 Å². The summed E-state index contributed by atoms with van der Waals surface area (Å²) in [5, 5.41) is 28.8. The van der Waals surface area contributed by atoms with Crippen molar-refractivity contribution in [3.8, 4) is 11.5 Å². The summed E-state index contributed by atoms with van der Waals surface area (Å²) in [7, 11) is 2.99. The van der Waals surface area contributed by atoms with Gasteiger partial charge in [-0.2, -0.15) is 0 Å². The molecule has 42 heavy (non-hydrogen) atoms. The molecule has 2 aromatic rings. The third-order valence-electron chi connectivity index (χ3n) is 8.06. The average Bonchev–Trinajstić information content (AvgIpc) is 2.93. The Labute approximate surface area is 249 Å². The number of carbonyl (C=O) groups excluding carboxylic acids is 3. The summed E-state index contributed by atoms with van der Waals surface area (Å²) in [5.74, 6) is -4.33. The molecule has 4 N–H and O–H groups in total. The molecule has 0 radical (unpaired) electrons. The topological polar surface area (TPSA) is 134 Å². The number of hydrogen-bond donors (Lipinski definition) is 4. The molecule has 4 atom stereocenters. The number of hydrogen-bond acceptors (Lipinski definition) is 8. The van der Waals surface area contributed by atoms with Gasteiger partial charge >= 0.3 is 0 Å². The van der Waals surface area contributed by atoms with Crippen LogP contribution < -0.4 is 20.1 Å². The molecule has 1 fully saturated rings. The van der Waals surface area contributed by atoms with E-state index in [1.807, 2.05) is 18.2 Å². The summed E-state index contributed by atoms with van der Waals surface area (Å²) >= 11 is 5.64. The van der Waals surface area contributed by atoms with E-state index in [9.17, 15) is 24.6 Å². The van der Waals surface area contributed by atoms with Crippen molar-refractivity contribution in [1.82, 2.24) is 10.6 Å². The smallest absolute Gasteiger partial charge is 0.258 e. The highest BCUT2D eigenvalue weighted by atomic mass is 32.1. The number of Topliss-reactive ketones (excluding diaryl/α,β-unsaturated/α-hetero) is 2. The summed E-state index contributed by atoms with van der Waals surface area (Å²) in [6.45, 7) is 5.25. The van der Waals surface area contributed by atoms with Crippen molar-refractivity contribution in [3.63, 3.8) is 0 Å². The fourth-order valence-corrected chi connectivity index (χ4v) is 6.56. The molecule has 5 rings (SSSR count). The first kappa shape index (κ1) is 29.3. The zero-order valence-corrected chi connectivity index (χ0v) is 24.9. The molecule has 1 saturated carbocycles. The van der Waals surface area contributed by atoms with E-state index in [2.05, 4.69) is 10.6 Å². The molecule has 0 saturated heterocycles. The second-order valence-electron chi connectivity index (χ2n) is 11.9. The van der Waals surface area contributed by atoms with Gasteiger partial charge in [-0.15, -0.1) is 0 Å². The third kappa shape index (κ3) is 5.04. The lowest BCUT2D eigenvalue weighted by molar-refractivity contribution is -0.130. The van der Waals surface area contributed by atoms with Crippen LogP contribution in [0.5, 0.6) is 11.5 Å². The van der Waals surface area contributed by atoms with E-state index in [-0.39, 0.29) is 22.7 Å². The van der Waals surface area contributed by atoms with Gasteiger partial charge in [0.15, 0.2) is 11.6 Å². The summed E-state index contributed by atoms with van der Waals surface area (Å²) in [6.07, 6.45) is 0.650. The van der Waals surface area contributed by atoms with Crippen molar-refractivity contribution < 1.29 is 34.1 Å². The summed E-state index contributed by atoms with van der Waals surface area (Å²) in [6, 6.07) is 11.4. The molecule has 2 aromatic carbocycles. The maximum absolute atomic E-state index is 14.2. The number of methoxy groups -OCH3 is 2. The van der Waals surface area contributed by atoms with Crippen LogP contribution in [0, 0.1) is 17.8 Å². The Morgan fingerprint density at radius 3 is 2.33 bits per heavy atom. The molecule has 0 heterocycles. The van der Waals surface area contributed by atoms with Crippen LogP contribution in [0.4, 0.5) is 0 Å². The first-order valence-corrected chi connectivity index (χ1v) is 14.2. The van der Waals surface area contributed by atoms with Gasteiger partial charge in [0.1, 0.15) is 33.6 Å². The fourth-order valence-electron chi connectivity index (χ4n) is 6.30. The number of thiocarbonyl (C=S) groups is 1. The Morgan fingerprint density at radius 2 is 1.71 bits per heavy atom. The van der Waals surface area contributed by atoms with Gasteiger partial charge in [0.25, 0.3) is 5.91 Å². The minimum absolute atomic E-state index is 0.146.